The summed E-state index contributed by atoms with van der Waals surface area (Å²) in [5.41, 5.74) is 1.38. The number of carbonyl (C=O) groups is 1. The minimum absolute atomic E-state index is 0.121. The Balaban J connectivity index is 2.13. The molecule has 0 saturated heterocycles. The van der Waals surface area contributed by atoms with E-state index in [0.29, 0.717) is 30.4 Å². The largest absolute Gasteiger partial charge is 0.497 e. The van der Waals surface area contributed by atoms with Crippen molar-refractivity contribution in [1.82, 2.24) is 10.3 Å². The maximum Gasteiger partial charge on any atom is 0.244 e. The fourth-order valence-corrected chi connectivity index (χ4v) is 2.80. The zero-order valence-electron chi connectivity index (χ0n) is 17.3. The second kappa shape index (κ2) is 11.2. The first-order valence-corrected chi connectivity index (χ1v) is 9.45. The molecule has 0 atom stereocenters. The monoisotopic (exact) mass is 400 g/mol. The molecule has 1 amide bonds. The smallest absolute Gasteiger partial charge is 0.244 e. The van der Waals surface area contributed by atoms with Gasteiger partial charge in [-0.1, -0.05) is 6.07 Å². The zero-order valence-corrected chi connectivity index (χ0v) is 17.3. The Labute approximate surface area is 171 Å². The molecule has 0 radical (unpaired) electrons. The van der Waals surface area contributed by atoms with E-state index in [2.05, 4.69) is 10.3 Å². The van der Waals surface area contributed by atoms with Crippen LogP contribution in [0, 0.1) is 0 Å². The SMILES string of the molecule is CCOC(CNC(=O)/C=C/c1cc(OC)cc(OC)c1)(OCC)c1ccccn1. The van der Waals surface area contributed by atoms with Crippen molar-refractivity contribution < 1.29 is 23.7 Å². The number of aromatic nitrogens is 1. The molecule has 29 heavy (non-hydrogen) atoms. The topological polar surface area (TPSA) is 78.9 Å². The van der Waals surface area contributed by atoms with Crippen molar-refractivity contribution in [3.05, 3.63) is 59.9 Å². The number of nitrogens with zero attached hydrogens (tertiary/aromatic N) is 1. The van der Waals surface area contributed by atoms with Gasteiger partial charge in [0.2, 0.25) is 11.7 Å². The van der Waals surface area contributed by atoms with Crippen LogP contribution in [0.5, 0.6) is 11.5 Å². The van der Waals surface area contributed by atoms with Gasteiger partial charge >= 0.3 is 0 Å². The lowest BCUT2D eigenvalue weighted by Crippen LogP contribution is -2.45. The number of benzene rings is 1. The Morgan fingerprint density at radius 1 is 1.07 bits per heavy atom. The Bertz CT molecular complexity index is 780. The Morgan fingerprint density at radius 3 is 2.24 bits per heavy atom. The highest BCUT2D eigenvalue weighted by molar-refractivity contribution is 5.91. The van der Waals surface area contributed by atoms with E-state index in [1.807, 2.05) is 44.2 Å². The molecule has 1 aromatic heterocycles. The van der Waals surface area contributed by atoms with E-state index in [0.717, 1.165) is 5.56 Å². The third-order valence-corrected chi connectivity index (χ3v) is 4.11. The van der Waals surface area contributed by atoms with E-state index in [9.17, 15) is 4.79 Å². The molecule has 156 valence electrons. The lowest BCUT2D eigenvalue weighted by atomic mass is 10.1. The van der Waals surface area contributed by atoms with E-state index in [1.165, 1.54) is 6.08 Å². The standard InChI is InChI=1S/C22H28N2O5/c1-5-28-22(29-6-2,20-9-7-8-12-23-20)16-24-21(25)11-10-17-13-18(26-3)15-19(14-17)27-4/h7-15H,5-6,16H2,1-4H3,(H,24,25)/b11-10+. The molecule has 1 heterocycles. The van der Waals surface area contributed by atoms with Crippen LogP contribution in [-0.2, 0) is 20.1 Å². The van der Waals surface area contributed by atoms with Gasteiger partial charge in [0.05, 0.1) is 20.8 Å². The normalized spacial score (nSPS) is 11.4. The number of pyridine rings is 1. The van der Waals surface area contributed by atoms with E-state index in [-0.39, 0.29) is 12.5 Å². The number of nitrogens with one attached hydrogen (secondary N) is 1. The van der Waals surface area contributed by atoms with Crippen molar-refractivity contribution in [2.75, 3.05) is 34.0 Å². The highest BCUT2D eigenvalue weighted by Crippen LogP contribution is 2.25. The van der Waals surface area contributed by atoms with Gasteiger partial charge in [-0.05, 0) is 49.8 Å². The molecule has 1 N–H and O–H groups in total. The molecule has 7 nitrogen and oxygen atoms in total. The molecule has 0 aliphatic heterocycles. The molecule has 0 unspecified atom stereocenters. The molecule has 0 fully saturated rings. The van der Waals surface area contributed by atoms with Gasteiger partial charge in [0.25, 0.3) is 0 Å². The fraction of sp³-hybridized carbons (Fsp3) is 0.364. The number of carbonyl (C=O) groups excluding carboxylic acids is 1. The zero-order chi connectivity index (χ0) is 21.1. The van der Waals surface area contributed by atoms with Crippen LogP contribution in [0.1, 0.15) is 25.1 Å². The number of hydrogen-bond donors (Lipinski definition) is 1. The Hall–Kier alpha value is -2.90. The predicted octanol–water partition coefficient (Wildman–Crippen LogP) is 3.15. The molecule has 0 aliphatic carbocycles. The summed E-state index contributed by atoms with van der Waals surface area (Å²) in [7, 11) is 3.15. The van der Waals surface area contributed by atoms with Gasteiger partial charge in [-0.3, -0.25) is 9.78 Å². The summed E-state index contributed by atoms with van der Waals surface area (Å²) in [6.07, 6.45) is 4.79. The number of amides is 1. The number of hydrogen-bond acceptors (Lipinski definition) is 6. The molecule has 0 saturated carbocycles. The summed E-state index contributed by atoms with van der Waals surface area (Å²) in [6.45, 7) is 4.68. The quantitative estimate of drug-likeness (QED) is 0.461. The van der Waals surface area contributed by atoms with Crippen LogP contribution in [0.2, 0.25) is 0 Å². The summed E-state index contributed by atoms with van der Waals surface area (Å²) >= 11 is 0. The van der Waals surface area contributed by atoms with Gasteiger partial charge in [-0.15, -0.1) is 0 Å². The van der Waals surface area contributed by atoms with Crippen LogP contribution in [-0.4, -0.2) is 44.9 Å². The highest BCUT2D eigenvalue weighted by atomic mass is 16.7. The molecule has 2 rings (SSSR count). The van der Waals surface area contributed by atoms with Gasteiger partial charge in [0.15, 0.2) is 0 Å². The third kappa shape index (κ3) is 6.30. The van der Waals surface area contributed by atoms with E-state index in [1.54, 1.807) is 32.6 Å². The second-order valence-electron chi connectivity index (χ2n) is 6.03. The molecule has 1 aromatic carbocycles. The summed E-state index contributed by atoms with van der Waals surface area (Å²) in [4.78, 5) is 16.8. The molecule has 2 aromatic rings. The molecule has 0 spiro atoms. The van der Waals surface area contributed by atoms with Crippen molar-refractivity contribution in [2.24, 2.45) is 0 Å². The van der Waals surface area contributed by atoms with Gasteiger partial charge in [0.1, 0.15) is 17.2 Å². The van der Waals surface area contributed by atoms with Gasteiger partial charge < -0.3 is 24.3 Å². The lowest BCUT2D eigenvalue weighted by molar-refractivity contribution is -0.241. The van der Waals surface area contributed by atoms with E-state index >= 15 is 0 Å². The summed E-state index contributed by atoms with van der Waals surface area (Å²) < 4.78 is 22.2. The number of ether oxygens (including phenoxy) is 4. The van der Waals surface area contributed by atoms with Crippen molar-refractivity contribution in [3.63, 3.8) is 0 Å². The first-order valence-electron chi connectivity index (χ1n) is 9.45. The number of methoxy groups -OCH3 is 2. The van der Waals surface area contributed by atoms with Crippen molar-refractivity contribution in [2.45, 2.75) is 19.6 Å². The van der Waals surface area contributed by atoms with Crippen LogP contribution >= 0.6 is 0 Å². The highest BCUT2D eigenvalue weighted by Gasteiger charge is 2.35. The fourth-order valence-electron chi connectivity index (χ4n) is 2.80. The summed E-state index contributed by atoms with van der Waals surface area (Å²) in [5, 5.41) is 2.84. The predicted molar refractivity (Wildman–Crippen MR) is 111 cm³/mol. The minimum atomic E-state index is -1.15. The molecule has 0 aliphatic rings. The molecule has 0 bridgehead atoms. The van der Waals surface area contributed by atoms with Crippen LogP contribution in [0.25, 0.3) is 6.08 Å². The average molecular weight is 400 g/mol. The Morgan fingerprint density at radius 2 is 1.72 bits per heavy atom. The van der Waals surface area contributed by atoms with E-state index in [4.69, 9.17) is 18.9 Å². The van der Waals surface area contributed by atoms with Crippen molar-refractivity contribution >= 4 is 12.0 Å². The summed E-state index contributed by atoms with van der Waals surface area (Å²) in [5.74, 6) is -0.142. The van der Waals surface area contributed by atoms with Gasteiger partial charge in [-0.25, -0.2) is 0 Å². The molecular formula is C22H28N2O5. The minimum Gasteiger partial charge on any atom is -0.497 e. The van der Waals surface area contributed by atoms with E-state index < -0.39 is 5.79 Å². The van der Waals surface area contributed by atoms with Crippen molar-refractivity contribution in [3.8, 4) is 11.5 Å². The molecular weight excluding hydrogens is 372 g/mol. The van der Waals surface area contributed by atoms with Crippen LogP contribution in [0.3, 0.4) is 0 Å². The van der Waals surface area contributed by atoms with Gasteiger partial charge in [0, 0.05) is 31.6 Å². The lowest BCUT2D eigenvalue weighted by Gasteiger charge is -2.32. The van der Waals surface area contributed by atoms with Crippen LogP contribution in [0.4, 0.5) is 0 Å². The third-order valence-electron chi connectivity index (χ3n) is 4.11. The van der Waals surface area contributed by atoms with Gasteiger partial charge in [-0.2, -0.15) is 0 Å². The molecule has 7 heteroatoms. The Kier molecular flexibility index (Phi) is 8.64. The number of rotatable bonds is 11. The van der Waals surface area contributed by atoms with Crippen LogP contribution in [0.15, 0.2) is 48.7 Å². The van der Waals surface area contributed by atoms with Crippen molar-refractivity contribution in [1.29, 1.82) is 0 Å². The first-order chi connectivity index (χ1) is 14.1. The average Bonchev–Trinajstić information content (AvgIpc) is 2.76. The van der Waals surface area contributed by atoms with Crippen LogP contribution < -0.4 is 14.8 Å². The maximum absolute atomic E-state index is 12.4. The second-order valence-corrected chi connectivity index (χ2v) is 6.03. The summed E-state index contributed by atoms with van der Waals surface area (Å²) in [6, 6.07) is 10.9. The maximum atomic E-state index is 12.4. The first kappa shape index (κ1) is 22.4.